The molecule has 0 bridgehead atoms. The zero-order valence-electron chi connectivity index (χ0n) is 18.8. The third kappa shape index (κ3) is 5.21. The Kier molecular flexibility index (Phi) is 6.71. The molecule has 10 nitrogen and oxygen atoms in total. The van der Waals surface area contributed by atoms with E-state index in [-0.39, 0.29) is 23.4 Å². The number of carbonyl (C=O) groups is 2. The number of amides is 2. The second-order valence-electron chi connectivity index (χ2n) is 8.42. The molecule has 1 aliphatic heterocycles. The summed E-state index contributed by atoms with van der Waals surface area (Å²) in [5.74, 6) is -0.520. The number of hydrogen-bond acceptors (Lipinski definition) is 8. The predicted octanol–water partition coefficient (Wildman–Crippen LogP) is 2.32. The van der Waals surface area contributed by atoms with Gasteiger partial charge in [-0.15, -0.1) is 0 Å². The van der Waals surface area contributed by atoms with E-state index in [9.17, 15) is 9.59 Å². The fraction of sp³-hybridized carbons (Fsp3) is 0.435. The number of anilines is 2. The van der Waals surface area contributed by atoms with Gasteiger partial charge in [-0.25, -0.2) is 15.0 Å². The first-order valence-electron chi connectivity index (χ1n) is 11.1. The van der Waals surface area contributed by atoms with E-state index in [2.05, 4.69) is 30.6 Å². The van der Waals surface area contributed by atoms with Gasteiger partial charge < -0.3 is 15.5 Å². The van der Waals surface area contributed by atoms with E-state index in [4.69, 9.17) is 5.41 Å². The van der Waals surface area contributed by atoms with Gasteiger partial charge >= 0.3 is 0 Å². The molecule has 3 N–H and O–H groups in total. The minimum atomic E-state index is -0.956. The monoisotopic (exact) mass is 448 g/mol. The number of aliphatic imine (C=N–C) groups is 1. The van der Waals surface area contributed by atoms with Crippen LogP contribution in [0.2, 0.25) is 0 Å². The second-order valence-corrected chi connectivity index (χ2v) is 8.42. The average Bonchev–Trinajstić information content (AvgIpc) is 3.59. The quantitative estimate of drug-likeness (QED) is 0.530. The van der Waals surface area contributed by atoms with Crippen molar-refractivity contribution in [2.45, 2.75) is 50.6 Å². The summed E-state index contributed by atoms with van der Waals surface area (Å²) in [6, 6.07) is 2.84. The van der Waals surface area contributed by atoms with Crippen molar-refractivity contribution in [3.63, 3.8) is 0 Å². The lowest BCUT2D eigenvalue weighted by Gasteiger charge is -2.24. The number of nitrogens with one attached hydrogen (secondary N) is 3. The van der Waals surface area contributed by atoms with Gasteiger partial charge in [0.1, 0.15) is 18.1 Å². The molecule has 33 heavy (non-hydrogen) atoms. The highest BCUT2D eigenvalue weighted by Gasteiger charge is 2.32. The van der Waals surface area contributed by atoms with E-state index in [1.165, 1.54) is 12.5 Å². The molecule has 10 heteroatoms. The number of carbonyl (C=O) groups excluding carboxylic acids is 2. The van der Waals surface area contributed by atoms with Gasteiger partial charge in [-0.05, 0) is 44.7 Å². The molecular formula is C23H28N8O2. The summed E-state index contributed by atoms with van der Waals surface area (Å²) in [6.07, 6.45) is 9.94. The number of hydrogen-bond donors (Lipinski definition) is 3. The summed E-state index contributed by atoms with van der Waals surface area (Å²) >= 11 is 0. The third-order valence-electron chi connectivity index (χ3n) is 5.91. The first kappa shape index (κ1) is 22.5. The molecule has 172 valence electrons. The summed E-state index contributed by atoms with van der Waals surface area (Å²) in [6.45, 7) is 2.59. The van der Waals surface area contributed by atoms with Crippen LogP contribution in [0.15, 0.2) is 35.8 Å². The minimum Gasteiger partial charge on any atom is -0.351 e. The predicted molar refractivity (Wildman–Crippen MR) is 125 cm³/mol. The molecule has 2 aromatic rings. The van der Waals surface area contributed by atoms with Crippen LogP contribution in [0.25, 0.3) is 0 Å². The lowest BCUT2D eigenvalue weighted by atomic mass is 10.1. The largest absolute Gasteiger partial charge is 0.351 e. The standard InChI is InChI=1S/C23H28N8O2/c1-14-4-3-9-31(14)23(33)20(24)19(12-25-2)30-22(32)21-18(28-16-10-26-13-27-11-16)8-7-17(29-21)15-5-6-15/h7-8,10-15,19,24,28H,3-6,9H2,1-2H3,(H,30,32). The lowest BCUT2D eigenvalue weighted by Crippen LogP contribution is -2.50. The van der Waals surface area contributed by atoms with Gasteiger partial charge in [-0.2, -0.15) is 0 Å². The average molecular weight is 449 g/mol. The normalized spacial score (nSPS) is 18.8. The smallest absolute Gasteiger partial charge is 0.272 e. The van der Waals surface area contributed by atoms with Crippen LogP contribution in [0.4, 0.5) is 11.4 Å². The summed E-state index contributed by atoms with van der Waals surface area (Å²) < 4.78 is 0. The van der Waals surface area contributed by atoms with Gasteiger partial charge in [0.25, 0.3) is 11.8 Å². The Hall–Kier alpha value is -3.69. The number of likely N-dealkylation sites (tertiary alicyclic amines) is 1. The molecule has 2 amide bonds. The zero-order chi connectivity index (χ0) is 23.4. The molecule has 3 heterocycles. The maximum atomic E-state index is 13.3. The number of pyridine rings is 1. The zero-order valence-corrected chi connectivity index (χ0v) is 18.8. The highest BCUT2D eigenvalue weighted by atomic mass is 16.2. The van der Waals surface area contributed by atoms with Crippen LogP contribution in [-0.4, -0.2) is 69.3 Å². The Morgan fingerprint density at radius 1 is 1.24 bits per heavy atom. The fourth-order valence-electron chi connectivity index (χ4n) is 3.94. The third-order valence-corrected chi connectivity index (χ3v) is 5.91. The van der Waals surface area contributed by atoms with Gasteiger partial charge in [0.2, 0.25) is 0 Å². The van der Waals surface area contributed by atoms with Crippen LogP contribution in [0.5, 0.6) is 0 Å². The fourth-order valence-corrected chi connectivity index (χ4v) is 3.94. The highest BCUT2D eigenvalue weighted by Crippen LogP contribution is 2.39. The van der Waals surface area contributed by atoms with E-state index in [1.807, 2.05) is 19.1 Å². The van der Waals surface area contributed by atoms with Crippen molar-refractivity contribution in [1.29, 1.82) is 5.41 Å². The van der Waals surface area contributed by atoms with Crippen LogP contribution < -0.4 is 10.6 Å². The van der Waals surface area contributed by atoms with Crippen molar-refractivity contribution in [3.05, 3.63) is 42.2 Å². The van der Waals surface area contributed by atoms with Gasteiger partial charge in [0.05, 0.1) is 23.8 Å². The molecule has 1 saturated carbocycles. The summed E-state index contributed by atoms with van der Waals surface area (Å²) in [7, 11) is 1.55. The molecule has 0 radical (unpaired) electrons. The molecule has 4 rings (SSSR count). The van der Waals surface area contributed by atoms with Gasteiger partial charge in [0.15, 0.2) is 5.69 Å². The molecule has 1 saturated heterocycles. The van der Waals surface area contributed by atoms with Crippen molar-refractivity contribution in [3.8, 4) is 0 Å². The Labute approximate surface area is 192 Å². The van der Waals surface area contributed by atoms with Crippen molar-refractivity contribution < 1.29 is 9.59 Å². The van der Waals surface area contributed by atoms with E-state index in [0.717, 1.165) is 31.4 Å². The molecule has 2 aliphatic rings. The van der Waals surface area contributed by atoms with Crippen LogP contribution in [0.3, 0.4) is 0 Å². The van der Waals surface area contributed by atoms with E-state index >= 15 is 0 Å². The molecule has 2 fully saturated rings. The molecule has 1 aliphatic carbocycles. The minimum absolute atomic E-state index is 0.0774. The van der Waals surface area contributed by atoms with Crippen molar-refractivity contribution >= 4 is 35.1 Å². The van der Waals surface area contributed by atoms with Crippen LogP contribution >= 0.6 is 0 Å². The molecule has 2 unspecified atom stereocenters. The number of rotatable bonds is 8. The van der Waals surface area contributed by atoms with Crippen molar-refractivity contribution in [2.75, 3.05) is 18.9 Å². The Balaban J connectivity index is 1.57. The van der Waals surface area contributed by atoms with Crippen LogP contribution in [0.1, 0.15) is 54.7 Å². The Morgan fingerprint density at radius 2 is 2.00 bits per heavy atom. The van der Waals surface area contributed by atoms with Gasteiger partial charge in [-0.3, -0.25) is 20.0 Å². The van der Waals surface area contributed by atoms with E-state index in [0.29, 0.717) is 23.8 Å². The van der Waals surface area contributed by atoms with Crippen LogP contribution in [-0.2, 0) is 4.79 Å². The van der Waals surface area contributed by atoms with Gasteiger partial charge in [0, 0.05) is 37.5 Å². The van der Waals surface area contributed by atoms with Gasteiger partial charge in [-0.1, -0.05) is 0 Å². The van der Waals surface area contributed by atoms with Crippen LogP contribution in [0, 0.1) is 5.41 Å². The highest BCUT2D eigenvalue weighted by molar-refractivity contribution is 6.43. The maximum Gasteiger partial charge on any atom is 0.272 e. The molecule has 0 spiro atoms. The topological polar surface area (TPSA) is 136 Å². The van der Waals surface area contributed by atoms with E-state index < -0.39 is 11.9 Å². The second kappa shape index (κ2) is 9.85. The molecule has 2 atom stereocenters. The summed E-state index contributed by atoms with van der Waals surface area (Å²) in [5.41, 5.74) is 1.93. The lowest BCUT2D eigenvalue weighted by molar-refractivity contribution is -0.124. The maximum absolute atomic E-state index is 13.3. The molecular weight excluding hydrogens is 420 g/mol. The number of aromatic nitrogens is 3. The van der Waals surface area contributed by atoms with Crippen molar-refractivity contribution in [2.24, 2.45) is 4.99 Å². The molecule has 2 aromatic heterocycles. The number of nitrogens with zero attached hydrogens (tertiary/aromatic N) is 5. The SMILES string of the molecule is CN=CC(NC(=O)c1nc(C2CC2)ccc1Nc1cncnc1)C(=N)C(=O)N1CCCC1C. The van der Waals surface area contributed by atoms with Crippen molar-refractivity contribution in [1.82, 2.24) is 25.2 Å². The van der Waals surface area contributed by atoms with E-state index in [1.54, 1.807) is 24.3 Å². The summed E-state index contributed by atoms with van der Waals surface area (Å²) in [4.78, 5) is 44.5. The first-order chi connectivity index (χ1) is 16.0. The molecule has 0 aromatic carbocycles. The summed E-state index contributed by atoms with van der Waals surface area (Å²) in [5, 5.41) is 14.4. The Bertz CT molecular complexity index is 1070. The Morgan fingerprint density at radius 3 is 2.64 bits per heavy atom. The first-order valence-corrected chi connectivity index (χ1v) is 11.1.